The average Bonchev–Trinajstić information content (AvgIpc) is 2.63. The van der Waals surface area contributed by atoms with Crippen LogP contribution in [0.1, 0.15) is 52.9 Å². The molecule has 8 heteroatoms. The maximum absolute atomic E-state index is 6.21. The van der Waals surface area contributed by atoms with Crippen LogP contribution in [-0.4, -0.2) is 61.3 Å². The highest BCUT2D eigenvalue weighted by molar-refractivity contribution is 6.62. The Hall–Kier alpha value is -0.0631. The van der Waals surface area contributed by atoms with E-state index in [1.165, 1.54) is 0 Å². The molecule has 0 aromatic carbocycles. The van der Waals surface area contributed by atoms with Crippen LogP contribution in [0.15, 0.2) is 0 Å². The van der Waals surface area contributed by atoms with Crippen LogP contribution >= 0.6 is 0 Å². The molecule has 0 bridgehead atoms. The van der Waals surface area contributed by atoms with Gasteiger partial charge in [-0.15, -0.1) is 0 Å². The Morgan fingerprint density at radius 1 is 1.00 bits per heavy atom. The van der Waals surface area contributed by atoms with E-state index in [1.54, 1.807) is 21.3 Å². The smallest absolute Gasteiger partial charge is 0.375 e. The molecule has 7 nitrogen and oxygen atoms in total. The number of hydrogen-bond donors (Lipinski definition) is 0. The van der Waals surface area contributed by atoms with E-state index in [2.05, 4.69) is 6.92 Å². The summed E-state index contributed by atoms with van der Waals surface area (Å²) in [7, 11) is 1.84. The van der Waals surface area contributed by atoms with Crippen molar-refractivity contribution < 1.29 is 32.2 Å². The first-order valence-electron chi connectivity index (χ1n) is 8.81. The molecular weight excluding hydrogens is 332 g/mol. The third kappa shape index (κ3) is 5.47. The molecule has 1 rings (SSSR count). The van der Waals surface area contributed by atoms with Gasteiger partial charge in [0.2, 0.25) is 0 Å². The van der Waals surface area contributed by atoms with Gasteiger partial charge >= 0.3 is 8.80 Å². The van der Waals surface area contributed by atoms with Crippen molar-refractivity contribution in [3.8, 4) is 0 Å². The Morgan fingerprint density at radius 2 is 1.58 bits per heavy atom. The summed E-state index contributed by atoms with van der Waals surface area (Å²) in [6.07, 6.45) is 3.28. The fourth-order valence-electron chi connectivity index (χ4n) is 2.74. The molecule has 0 aromatic heterocycles. The first-order valence-corrected chi connectivity index (χ1v) is 10.6. The van der Waals surface area contributed by atoms with Gasteiger partial charge in [-0.1, -0.05) is 27.2 Å². The van der Waals surface area contributed by atoms with Crippen LogP contribution < -0.4 is 0 Å². The zero-order chi connectivity index (χ0) is 18.1. The van der Waals surface area contributed by atoms with Gasteiger partial charge in [-0.05, 0) is 19.3 Å². The minimum Gasteiger partial charge on any atom is -0.375 e. The van der Waals surface area contributed by atoms with Crippen molar-refractivity contribution >= 4 is 8.80 Å². The van der Waals surface area contributed by atoms with E-state index in [1.807, 2.05) is 13.8 Å². The molecule has 1 saturated heterocycles. The van der Waals surface area contributed by atoms with E-state index >= 15 is 0 Å². The second-order valence-electron chi connectivity index (χ2n) is 5.67. The molecule has 2 unspecified atom stereocenters. The van der Waals surface area contributed by atoms with E-state index in [4.69, 9.17) is 32.2 Å². The summed E-state index contributed by atoms with van der Waals surface area (Å²) in [6.45, 7) is 7.29. The quantitative estimate of drug-likeness (QED) is 0.389. The molecule has 0 aliphatic carbocycles. The molecule has 1 heterocycles. The highest BCUT2D eigenvalue weighted by Crippen LogP contribution is 2.29. The van der Waals surface area contributed by atoms with Crippen molar-refractivity contribution in [2.75, 3.05) is 34.5 Å². The molecule has 1 fully saturated rings. The lowest BCUT2D eigenvalue weighted by atomic mass is 10.3. The fraction of sp³-hybridized carbons (Fsp3) is 1.00. The van der Waals surface area contributed by atoms with Crippen molar-refractivity contribution in [2.24, 2.45) is 0 Å². The zero-order valence-corrected chi connectivity index (χ0v) is 17.0. The minimum absolute atomic E-state index is 0.315. The summed E-state index contributed by atoms with van der Waals surface area (Å²) in [6, 6.07) is 0. The van der Waals surface area contributed by atoms with Crippen LogP contribution in [0.4, 0.5) is 0 Å². The lowest BCUT2D eigenvalue weighted by molar-refractivity contribution is -0.436. The predicted molar refractivity (Wildman–Crippen MR) is 91.3 cm³/mol. The maximum atomic E-state index is 6.21. The van der Waals surface area contributed by atoms with Gasteiger partial charge in [0.15, 0.2) is 6.29 Å². The summed E-state index contributed by atoms with van der Waals surface area (Å²) < 4.78 is 40.5. The standard InChI is InChI=1S/C16H34O7Si/c1-7-11-15(24(17-4,18-5)19-6)22-14(8-2)23-16(9-3)20-12-10-13-21-16/h14-15H,7-13H2,1-6H3. The molecule has 24 heavy (non-hydrogen) atoms. The van der Waals surface area contributed by atoms with E-state index in [0.717, 1.165) is 19.3 Å². The van der Waals surface area contributed by atoms with Crippen molar-refractivity contribution in [3.05, 3.63) is 0 Å². The Morgan fingerprint density at radius 3 is 2.00 bits per heavy atom. The third-order valence-corrected chi connectivity index (χ3v) is 7.05. The molecule has 0 saturated carbocycles. The first-order chi connectivity index (χ1) is 11.5. The maximum Gasteiger partial charge on any atom is 0.530 e. The third-order valence-electron chi connectivity index (χ3n) is 4.12. The van der Waals surface area contributed by atoms with Crippen LogP contribution in [0.25, 0.3) is 0 Å². The van der Waals surface area contributed by atoms with Gasteiger partial charge in [0.1, 0.15) is 5.73 Å². The number of hydrogen-bond acceptors (Lipinski definition) is 7. The van der Waals surface area contributed by atoms with E-state index in [0.29, 0.717) is 26.1 Å². The fourth-order valence-corrected chi connectivity index (χ4v) is 4.99. The van der Waals surface area contributed by atoms with Crippen molar-refractivity contribution in [2.45, 2.75) is 70.9 Å². The van der Waals surface area contributed by atoms with Crippen LogP contribution in [0, 0.1) is 0 Å². The predicted octanol–water partition coefficient (Wildman–Crippen LogP) is 2.84. The highest BCUT2D eigenvalue weighted by Gasteiger charge is 2.50. The van der Waals surface area contributed by atoms with E-state index < -0.39 is 21.1 Å². The lowest BCUT2D eigenvalue weighted by Crippen LogP contribution is -2.57. The molecular formula is C16H34O7Si. The SMILES string of the molecule is CCCC(OC(CC)OC1(CC)OCCCO1)[Si](OC)(OC)OC. The molecule has 0 aromatic rings. The van der Waals surface area contributed by atoms with Gasteiger partial charge in [0, 0.05) is 27.8 Å². The minimum atomic E-state index is -2.93. The van der Waals surface area contributed by atoms with Gasteiger partial charge in [0.25, 0.3) is 5.97 Å². The van der Waals surface area contributed by atoms with Crippen LogP contribution in [0.5, 0.6) is 0 Å². The van der Waals surface area contributed by atoms with E-state index in [9.17, 15) is 0 Å². The van der Waals surface area contributed by atoms with Crippen LogP contribution in [0.2, 0.25) is 0 Å². The Kier molecular flexibility index (Phi) is 9.91. The average molecular weight is 367 g/mol. The Bertz CT molecular complexity index is 324. The second kappa shape index (κ2) is 10.8. The Labute approximate surface area is 147 Å². The highest BCUT2D eigenvalue weighted by atomic mass is 28.4. The van der Waals surface area contributed by atoms with E-state index in [-0.39, 0.29) is 5.73 Å². The Balaban J connectivity index is 2.84. The summed E-state index contributed by atoms with van der Waals surface area (Å²) >= 11 is 0. The van der Waals surface area contributed by atoms with Crippen molar-refractivity contribution in [3.63, 3.8) is 0 Å². The van der Waals surface area contributed by atoms with Crippen molar-refractivity contribution in [1.82, 2.24) is 0 Å². The van der Waals surface area contributed by atoms with Gasteiger partial charge in [0.05, 0.1) is 13.2 Å². The van der Waals surface area contributed by atoms with Gasteiger partial charge in [-0.3, -0.25) is 4.74 Å². The molecule has 144 valence electrons. The summed E-state index contributed by atoms with van der Waals surface area (Å²) in [5, 5.41) is 0. The normalized spacial score (nSPS) is 20.8. The summed E-state index contributed by atoms with van der Waals surface area (Å²) in [4.78, 5) is 0. The molecule has 0 radical (unpaired) electrons. The first kappa shape index (κ1) is 22.0. The lowest BCUT2D eigenvalue weighted by Gasteiger charge is -2.40. The summed E-state index contributed by atoms with van der Waals surface area (Å²) in [5.41, 5.74) is -0.315. The van der Waals surface area contributed by atoms with Gasteiger partial charge in [-0.2, -0.15) is 0 Å². The molecule has 0 spiro atoms. The topological polar surface area (TPSA) is 64.6 Å². The van der Waals surface area contributed by atoms with Gasteiger partial charge < -0.3 is 27.5 Å². The molecule has 2 atom stereocenters. The van der Waals surface area contributed by atoms with Crippen LogP contribution in [0.3, 0.4) is 0 Å². The van der Waals surface area contributed by atoms with Gasteiger partial charge in [-0.25, -0.2) is 0 Å². The number of rotatable bonds is 12. The number of ether oxygens (including phenoxy) is 4. The molecule has 0 amide bonds. The molecule has 0 N–H and O–H groups in total. The zero-order valence-electron chi connectivity index (χ0n) is 16.0. The second-order valence-corrected chi connectivity index (χ2v) is 8.75. The van der Waals surface area contributed by atoms with Crippen molar-refractivity contribution in [1.29, 1.82) is 0 Å². The monoisotopic (exact) mass is 366 g/mol. The van der Waals surface area contributed by atoms with Crippen LogP contribution in [-0.2, 0) is 32.2 Å². The molecule has 1 aliphatic heterocycles. The molecule has 1 aliphatic rings. The summed E-state index contributed by atoms with van der Waals surface area (Å²) in [5.74, 6) is -1.03. The largest absolute Gasteiger partial charge is 0.530 e.